The van der Waals surface area contributed by atoms with Crippen LogP contribution in [0.25, 0.3) is 0 Å². The van der Waals surface area contributed by atoms with Crippen molar-refractivity contribution in [3.8, 4) is 5.88 Å². The smallest absolute Gasteiger partial charge is 0.213 e. The Hall–Kier alpha value is -0.700. The van der Waals surface area contributed by atoms with Crippen molar-refractivity contribution in [3.63, 3.8) is 0 Å². The molecule has 0 bridgehead atoms. The predicted octanol–water partition coefficient (Wildman–Crippen LogP) is 3.97. The number of guanidine groups is 1. The second kappa shape index (κ2) is 11.9. The molecule has 1 aliphatic carbocycles. The molecule has 5 nitrogen and oxygen atoms in total. The van der Waals surface area contributed by atoms with Crippen LogP contribution in [0.1, 0.15) is 50.5 Å². The molecule has 0 amide bonds. The number of aliphatic imine (C=N–C) groups is 1. The van der Waals surface area contributed by atoms with Gasteiger partial charge >= 0.3 is 0 Å². The van der Waals surface area contributed by atoms with Crippen LogP contribution in [0.15, 0.2) is 23.3 Å². The molecular weight excluding hydrogens is 459 g/mol. The molecule has 1 aliphatic heterocycles. The molecule has 1 atom stereocenters. The SMILES string of the molecule is CN=C(NCc1ccc(OC2CCCCC2)nc1)NCC1CCCS1.I. The van der Waals surface area contributed by atoms with Crippen molar-refractivity contribution in [3.05, 3.63) is 23.9 Å². The summed E-state index contributed by atoms with van der Waals surface area (Å²) in [5.41, 5.74) is 1.13. The van der Waals surface area contributed by atoms with Crippen LogP contribution in [0.4, 0.5) is 0 Å². The largest absolute Gasteiger partial charge is 0.474 e. The van der Waals surface area contributed by atoms with E-state index >= 15 is 0 Å². The summed E-state index contributed by atoms with van der Waals surface area (Å²) in [5.74, 6) is 2.89. The van der Waals surface area contributed by atoms with Gasteiger partial charge in [-0.15, -0.1) is 24.0 Å². The van der Waals surface area contributed by atoms with E-state index in [-0.39, 0.29) is 24.0 Å². The fourth-order valence-corrected chi connectivity index (χ4v) is 4.56. The Labute approximate surface area is 178 Å². The Kier molecular flexibility index (Phi) is 9.88. The molecule has 1 saturated carbocycles. The van der Waals surface area contributed by atoms with Crippen LogP contribution >= 0.6 is 35.7 Å². The summed E-state index contributed by atoms with van der Waals surface area (Å²) >= 11 is 2.06. The molecule has 3 rings (SSSR count). The Balaban J connectivity index is 0.00000243. The molecule has 0 radical (unpaired) electrons. The van der Waals surface area contributed by atoms with E-state index < -0.39 is 0 Å². The first-order valence-corrected chi connectivity index (χ1v) is 10.6. The summed E-state index contributed by atoms with van der Waals surface area (Å²) < 4.78 is 5.98. The zero-order chi connectivity index (χ0) is 17.3. The summed E-state index contributed by atoms with van der Waals surface area (Å²) in [7, 11) is 1.82. The molecule has 2 aliphatic rings. The van der Waals surface area contributed by atoms with Gasteiger partial charge in [0.05, 0.1) is 0 Å². The van der Waals surface area contributed by atoms with Crippen LogP contribution in [-0.2, 0) is 6.54 Å². The Morgan fingerprint density at radius 3 is 2.69 bits per heavy atom. The lowest BCUT2D eigenvalue weighted by Gasteiger charge is -2.22. The fourth-order valence-electron chi connectivity index (χ4n) is 3.36. The zero-order valence-corrected chi connectivity index (χ0v) is 18.7. The third-order valence-corrected chi connectivity index (χ3v) is 6.24. The summed E-state index contributed by atoms with van der Waals surface area (Å²) in [5, 5.41) is 7.50. The first-order valence-electron chi connectivity index (χ1n) is 9.51. The molecule has 1 aromatic rings. The van der Waals surface area contributed by atoms with Crippen molar-refractivity contribution in [2.75, 3.05) is 19.3 Å². The number of hydrogen-bond acceptors (Lipinski definition) is 4. The van der Waals surface area contributed by atoms with Crippen molar-refractivity contribution in [1.29, 1.82) is 0 Å². The van der Waals surface area contributed by atoms with Crippen LogP contribution in [0.5, 0.6) is 5.88 Å². The van der Waals surface area contributed by atoms with Crippen LogP contribution < -0.4 is 15.4 Å². The van der Waals surface area contributed by atoms with Gasteiger partial charge in [-0.3, -0.25) is 4.99 Å². The second-order valence-electron chi connectivity index (χ2n) is 6.82. The van der Waals surface area contributed by atoms with E-state index in [2.05, 4.69) is 38.4 Å². The van der Waals surface area contributed by atoms with Gasteiger partial charge in [0.2, 0.25) is 5.88 Å². The molecule has 26 heavy (non-hydrogen) atoms. The molecule has 2 N–H and O–H groups in total. The highest BCUT2D eigenvalue weighted by Gasteiger charge is 2.16. The van der Waals surface area contributed by atoms with Gasteiger partial charge in [0.15, 0.2) is 5.96 Å². The highest BCUT2D eigenvalue weighted by atomic mass is 127. The molecule has 0 aromatic carbocycles. The number of rotatable bonds is 6. The Bertz CT molecular complexity index is 543. The van der Waals surface area contributed by atoms with Crippen LogP contribution in [0.2, 0.25) is 0 Å². The third-order valence-electron chi connectivity index (χ3n) is 4.84. The molecular formula is C19H31IN4OS. The maximum Gasteiger partial charge on any atom is 0.213 e. The van der Waals surface area contributed by atoms with Crippen molar-refractivity contribution in [2.24, 2.45) is 4.99 Å². The van der Waals surface area contributed by atoms with E-state index in [0.717, 1.165) is 42.0 Å². The van der Waals surface area contributed by atoms with Gasteiger partial charge in [0, 0.05) is 37.7 Å². The fraction of sp³-hybridized carbons (Fsp3) is 0.684. The molecule has 2 heterocycles. The van der Waals surface area contributed by atoms with Gasteiger partial charge < -0.3 is 15.4 Å². The number of thioether (sulfide) groups is 1. The monoisotopic (exact) mass is 490 g/mol. The van der Waals surface area contributed by atoms with Crippen molar-refractivity contribution < 1.29 is 4.74 Å². The van der Waals surface area contributed by atoms with Crippen molar-refractivity contribution >= 4 is 41.7 Å². The topological polar surface area (TPSA) is 58.5 Å². The lowest BCUT2D eigenvalue weighted by Crippen LogP contribution is -2.39. The minimum Gasteiger partial charge on any atom is -0.474 e. The van der Waals surface area contributed by atoms with E-state index in [0.29, 0.717) is 12.6 Å². The molecule has 1 aromatic heterocycles. The summed E-state index contributed by atoms with van der Waals surface area (Å²) in [6.07, 6.45) is 11.1. The zero-order valence-electron chi connectivity index (χ0n) is 15.6. The third kappa shape index (κ3) is 7.13. The van der Waals surface area contributed by atoms with Gasteiger partial charge in [-0.1, -0.05) is 12.5 Å². The number of hydrogen-bond donors (Lipinski definition) is 2. The number of halogens is 1. The first kappa shape index (κ1) is 21.6. The van der Waals surface area contributed by atoms with E-state index in [1.54, 1.807) is 0 Å². The van der Waals surface area contributed by atoms with Gasteiger partial charge in [-0.2, -0.15) is 11.8 Å². The van der Waals surface area contributed by atoms with Crippen LogP contribution in [0.3, 0.4) is 0 Å². The maximum absolute atomic E-state index is 5.98. The summed E-state index contributed by atoms with van der Waals surface area (Å²) in [4.78, 5) is 8.76. The number of pyridine rings is 1. The van der Waals surface area contributed by atoms with Crippen molar-refractivity contribution in [2.45, 2.75) is 62.8 Å². The molecule has 7 heteroatoms. The predicted molar refractivity (Wildman–Crippen MR) is 121 cm³/mol. The normalized spacial score (nSPS) is 21.1. The average Bonchev–Trinajstić information content (AvgIpc) is 3.18. The number of nitrogens with zero attached hydrogens (tertiary/aromatic N) is 2. The molecule has 1 saturated heterocycles. The maximum atomic E-state index is 5.98. The lowest BCUT2D eigenvalue weighted by atomic mass is 9.98. The summed E-state index contributed by atoms with van der Waals surface area (Å²) in [6.45, 7) is 1.70. The standard InChI is InChI=1S/C19H30N4OS.HI/c1-20-19(23-14-17-8-5-11-25-17)22-13-15-9-10-18(21-12-15)24-16-6-3-2-4-7-16;/h9-10,12,16-17H,2-8,11,13-14H2,1H3,(H2,20,22,23);1H. The Morgan fingerprint density at radius 1 is 1.19 bits per heavy atom. The van der Waals surface area contributed by atoms with Crippen LogP contribution in [0, 0.1) is 0 Å². The van der Waals surface area contributed by atoms with E-state index in [9.17, 15) is 0 Å². The van der Waals surface area contributed by atoms with Crippen LogP contribution in [-0.4, -0.2) is 41.6 Å². The quantitative estimate of drug-likeness (QED) is 0.359. The lowest BCUT2D eigenvalue weighted by molar-refractivity contribution is 0.148. The van der Waals surface area contributed by atoms with Gasteiger partial charge in [0.1, 0.15) is 6.10 Å². The number of ether oxygens (including phenoxy) is 1. The van der Waals surface area contributed by atoms with Gasteiger partial charge in [-0.25, -0.2) is 4.98 Å². The molecule has 146 valence electrons. The highest BCUT2D eigenvalue weighted by molar-refractivity contribution is 14.0. The molecule has 0 spiro atoms. The minimum atomic E-state index is 0. The van der Waals surface area contributed by atoms with Gasteiger partial charge in [-0.05, 0) is 49.8 Å². The Morgan fingerprint density at radius 2 is 2.04 bits per heavy atom. The highest BCUT2D eigenvalue weighted by Crippen LogP contribution is 2.25. The number of nitrogens with one attached hydrogen (secondary N) is 2. The molecule has 1 unspecified atom stereocenters. The second-order valence-corrected chi connectivity index (χ2v) is 8.23. The van der Waals surface area contributed by atoms with E-state index in [1.807, 2.05) is 19.3 Å². The minimum absolute atomic E-state index is 0. The van der Waals surface area contributed by atoms with E-state index in [1.165, 1.54) is 37.9 Å². The van der Waals surface area contributed by atoms with Crippen molar-refractivity contribution in [1.82, 2.24) is 15.6 Å². The van der Waals surface area contributed by atoms with Gasteiger partial charge in [0.25, 0.3) is 0 Å². The average molecular weight is 490 g/mol. The number of aromatic nitrogens is 1. The first-order chi connectivity index (χ1) is 12.3. The molecule has 2 fully saturated rings. The summed E-state index contributed by atoms with van der Waals surface area (Å²) in [6, 6.07) is 4.06. The van der Waals surface area contributed by atoms with E-state index in [4.69, 9.17) is 4.74 Å².